The van der Waals surface area contributed by atoms with E-state index in [1.165, 1.54) is 14.2 Å². The normalized spacial score (nSPS) is 12.7. The van der Waals surface area contributed by atoms with Gasteiger partial charge < -0.3 is 4.74 Å². The molecule has 18 heavy (non-hydrogen) atoms. The molecule has 1 aromatic heterocycles. The predicted molar refractivity (Wildman–Crippen MR) is 88.7 cm³/mol. The lowest BCUT2D eigenvalue weighted by atomic mass is 10.2. The van der Waals surface area contributed by atoms with Crippen LogP contribution in [0.15, 0.2) is 10.5 Å². The second-order valence-electron chi connectivity index (χ2n) is 6.22. The van der Waals surface area contributed by atoms with Crippen molar-refractivity contribution in [2.75, 3.05) is 6.61 Å². The van der Waals surface area contributed by atoms with E-state index in [1.54, 1.807) is 0 Å². The van der Waals surface area contributed by atoms with E-state index in [0.717, 1.165) is 13.2 Å². The summed E-state index contributed by atoms with van der Waals surface area (Å²) in [5.41, 5.74) is 0. The molecular formula is C14H25BrOSSi. The minimum atomic E-state index is -0.657. The van der Waals surface area contributed by atoms with Gasteiger partial charge in [-0.2, -0.15) is 0 Å². The number of ether oxygens (including phenoxy) is 1. The smallest absolute Gasteiger partial charge is 0.0809 e. The summed E-state index contributed by atoms with van der Waals surface area (Å²) >= 11 is 5.50. The second-order valence-corrected chi connectivity index (χ2v) is 12.1. The molecule has 0 aliphatic carbocycles. The fourth-order valence-electron chi connectivity index (χ4n) is 1.48. The van der Waals surface area contributed by atoms with E-state index in [4.69, 9.17) is 4.74 Å². The van der Waals surface area contributed by atoms with Crippen molar-refractivity contribution in [3.63, 3.8) is 0 Å². The van der Waals surface area contributed by atoms with Crippen molar-refractivity contribution in [2.45, 2.75) is 58.4 Å². The SMILES string of the molecule is CC(C)c1sc(COCC(C)(C)[SiH](C)C)cc1Br. The summed E-state index contributed by atoms with van der Waals surface area (Å²) in [7, 11) is -0.657. The Bertz CT molecular complexity index is 385. The molecule has 0 aromatic carbocycles. The molecule has 0 atom stereocenters. The second kappa shape index (κ2) is 6.68. The van der Waals surface area contributed by atoms with Crippen LogP contribution < -0.4 is 0 Å². The molecule has 104 valence electrons. The number of halogens is 1. The summed E-state index contributed by atoms with van der Waals surface area (Å²) in [6, 6.07) is 2.21. The molecule has 0 saturated heterocycles. The number of hydrogen-bond donors (Lipinski definition) is 0. The van der Waals surface area contributed by atoms with Crippen molar-refractivity contribution >= 4 is 36.1 Å². The van der Waals surface area contributed by atoms with E-state index in [2.05, 4.69) is 62.8 Å². The molecular weight excluding hydrogens is 324 g/mol. The van der Waals surface area contributed by atoms with E-state index >= 15 is 0 Å². The molecule has 0 fully saturated rings. The first-order valence-corrected chi connectivity index (χ1v) is 11.1. The minimum Gasteiger partial charge on any atom is -0.376 e. The molecule has 0 N–H and O–H groups in total. The van der Waals surface area contributed by atoms with E-state index in [1.807, 2.05) is 11.3 Å². The van der Waals surface area contributed by atoms with Gasteiger partial charge in [-0.05, 0) is 33.0 Å². The van der Waals surface area contributed by atoms with E-state index in [0.29, 0.717) is 11.0 Å². The molecule has 0 unspecified atom stereocenters. The van der Waals surface area contributed by atoms with Crippen molar-refractivity contribution in [2.24, 2.45) is 0 Å². The van der Waals surface area contributed by atoms with Gasteiger partial charge in [0.1, 0.15) is 0 Å². The Morgan fingerprint density at radius 3 is 2.44 bits per heavy atom. The van der Waals surface area contributed by atoms with Gasteiger partial charge in [0.05, 0.1) is 6.61 Å². The summed E-state index contributed by atoms with van der Waals surface area (Å²) in [4.78, 5) is 2.75. The first kappa shape index (κ1) is 16.4. The number of thiophene rings is 1. The summed E-state index contributed by atoms with van der Waals surface area (Å²) in [5, 5.41) is 0.384. The Kier molecular flexibility index (Phi) is 6.09. The van der Waals surface area contributed by atoms with Crippen molar-refractivity contribution < 1.29 is 4.74 Å². The van der Waals surface area contributed by atoms with Gasteiger partial charge in [0.15, 0.2) is 0 Å². The summed E-state index contributed by atoms with van der Waals surface area (Å²) in [5.74, 6) is 0.581. The zero-order valence-corrected chi connectivity index (χ0v) is 15.9. The number of rotatable bonds is 6. The number of hydrogen-bond acceptors (Lipinski definition) is 2. The van der Waals surface area contributed by atoms with Crippen molar-refractivity contribution in [3.05, 3.63) is 20.3 Å². The van der Waals surface area contributed by atoms with E-state index < -0.39 is 8.80 Å². The van der Waals surface area contributed by atoms with Crippen LogP contribution in [0.25, 0.3) is 0 Å². The molecule has 1 rings (SSSR count). The van der Waals surface area contributed by atoms with Crippen LogP contribution in [0.4, 0.5) is 0 Å². The summed E-state index contributed by atoms with van der Waals surface area (Å²) < 4.78 is 7.15. The molecule has 0 radical (unpaired) electrons. The Balaban J connectivity index is 2.52. The zero-order valence-electron chi connectivity index (χ0n) is 12.3. The molecule has 0 aliphatic heterocycles. The lowest BCUT2D eigenvalue weighted by molar-refractivity contribution is 0.102. The highest BCUT2D eigenvalue weighted by Gasteiger charge is 2.23. The Labute approximate surface area is 126 Å². The Morgan fingerprint density at radius 1 is 1.39 bits per heavy atom. The van der Waals surface area contributed by atoms with E-state index in [9.17, 15) is 0 Å². The highest BCUT2D eigenvalue weighted by molar-refractivity contribution is 9.10. The largest absolute Gasteiger partial charge is 0.376 e. The Hall–Kier alpha value is 0.357. The fourth-order valence-corrected chi connectivity index (χ4v) is 4.05. The van der Waals surface area contributed by atoms with Gasteiger partial charge >= 0.3 is 0 Å². The quantitative estimate of drug-likeness (QED) is 0.623. The maximum absolute atomic E-state index is 5.92. The van der Waals surface area contributed by atoms with Crippen LogP contribution in [0.1, 0.15) is 43.4 Å². The maximum Gasteiger partial charge on any atom is 0.0809 e. The lowest BCUT2D eigenvalue weighted by Gasteiger charge is -2.27. The van der Waals surface area contributed by atoms with Gasteiger partial charge in [0, 0.05) is 29.6 Å². The molecule has 0 aliphatic rings. The molecule has 0 saturated carbocycles. The van der Waals surface area contributed by atoms with Crippen molar-refractivity contribution in [3.8, 4) is 0 Å². The topological polar surface area (TPSA) is 9.23 Å². The summed E-state index contributed by atoms with van der Waals surface area (Å²) in [6.07, 6.45) is 0. The molecule has 0 bridgehead atoms. The lowest BCUT2D eigenvalue weighted by Crippen LogP contribution is -2.26. The third-order valence-electron chi connectivity index (χ3n) is 3.57. The average molecular weight is 349 g/mol. The van der Waals surface area contributed by atoms with Crippen LogP contribution in [-0.2, 0) is 11.3 Å². The Morgan fingerprint density at radius 2 is 2.00 bits per heavy atom. The van der Waals surface area contributed by atoms with E-state index in [-0.39, 0.29) is 0 Å². The van der Waals surface area contributed by atoms with Crippen molar-refractivity contribution in [1.82, 2.24) is 0 Å². The van der Waals surface area contributed by atoms with Crippen LogP contribution in [0.5, 0.6) is 0 Å². The monoisotopic (exact) mass is 348 g/mol. The third-order valence-corrected chi connectivity index (χ3v) is 9.19. The maximum atomic E-state index is 5.92. The first-order valence-electron chi connectivity index (χ1n) is 6.60. The van der Waals surface area contributed by atoms with Gasteiger partial charge in [-0.15, -0.1) is 11.3 Å². The van der Waals surface area contributed by atoms with Crippen LogP contribution in [0.2, 0.25) is 18.1 Å². The highest BCUT2D eigenvalue weighted by atomic mass is 79.9. The molecule has 4 heteroatoms. The molecule has 0 spiro atoms. The predicted octanol–water partition coefficient (Wildman–Crippen LogP) is 5.42. The van der Waals surface area contributed by atoms with Crippen LogP contribution in [0, 0.1) is 0 Å². The van der Waals surface area contributed by atoms with Crippen LogP contribution in [-0.4, -0.2) is 15.4 Å². The van der Waals surface area contributed by atoms with Gasteiger partial charge in [-0.3, -0.25) is 0 Å². The third kappa shape index (κ3) is 4.48. The first-order chi connectivity index (χ1) is 8.24. The zero-order chi connectivity index (χ0) is 13.9. The standard InChI is InChI=1S/C14H25BrOSSi/c1-10(2)13-12(15)7-11(17-13)8-16-9-14(3,4)18(5)6/h7,10,18H,8-9H2,1-6H3. The van der Waals surface area contributed by atoms with Crippen molar-refractivity contribution in [1.29, 1.82) is 0 Å². The van der Waals surface area contributed by atoms with Gasteiger partial charge in [-0.1, -0.05) is 40.8 Å². The minimum absolute atomic E-state index is 0.384. The molecule has 1 nitrogen and oxygen atoms in total. The molecule has 1 heterocycles. The fraction of sp³-hybridized carbons (Fsp3) is 0.714. The molecule has 0 amide bonds. The van der Waals surface area contributed by atoms with Crippen LogP contribution in [0.3, 0.4) is 0 Å². The average Bonchev–Trinajstić information content (AvgIpc) is 2.59. The van der Waals surface area contributed by atoms with Crippen LogP contribution >= 0.6 is 27.3 Å². The van der Waals surface area contributed by atoms with Gasteiger partial charge in [0.2, 0.25) is 0 Å². The highest BCUT2D eigenvalue weighted by Crippen LogP contribution is 2.34. The van der Waals surface area contributed by atoms with Gasteiger partial charge in [-0.25, -0.2) is 0 Å². The summed E-state index contributed by atoms with van der Waals surface area (Å²) in [6.45, 7) is 15.5. The molecule has 1 aromatic rings. The van der Waals surface area contributed by atoms with Gasteiger partial charge in [0.25, 0.3) is 0 Å².